The summed E-state index contributed by atoms with van der Waals surface area (Å²) in [5.41, 5.74) is 2.81. The fraction of sp³-hybridized carbons (Fsp3) is 0.143. The Morgan fingerprint density at radius 3 is 2.76 bits per heavy atom. The van der Waals surface area contributed by atoms with Gasteiger partial charge in [0.25, 0.3) is 0 Å². The van der Waals surface area contributed by atoms with Crippen LogP contribution in [0.5, 0.6) is 0 Å². The van der Waals surface area contributed by atoms with Crippen molar-refractivity contribution in [1.29, 1.82) is 0 Å². The van der Waals surface area contributed by atoms with Gasteiger partial charge in [0.2, 0.25) is 0 Å². The molecule has 1 aliphatic carbocycles. The Kier molecular flexibility index (Phi) is 2.50. The summed E-state index contributed by atoms with van der Waals surface area (Å²) in [5, 5.41) is 21.2. The van der Waals surface area contributed by atoms with Crippen LogP contribution in [-0.4, -0.2) is 17.2 Å². The largest absolute Gasteiger partial charge is 0.489 e. The third kappa shape index (κ3) is 1.68. The smallest absolute Gasteiger partial charge is 0.423 e. The van der Waals surface area contributed by atoms with E-state index in [1.807, 2.05) is 30.3 Å². The van der Waals surface area contributed by atoms with Gasteiger partial charge in [0.05, 0.1) is 0 Å². The molecule has 0 atom stereocenters. The number of aryl methyl sites for hydroxylation is 1. The van der Waals surface area contributed by atoms with E-state index in [2.05, 4.69) is 12.1 Å². The molecule has 0 radical (unpaired) electrons. The molecule has 0 bridgehead atoms. The van der Waals surface area contributed by atoms with Crippen LogP contribution in [0.4, 0.5) is 0 Å². The third-order valence-corrected chi connectivity index (χ3v) is 3.34. The van der Waals surface area contributed by atoms with Crippen molar-refractivity contribution >= 4 is 29.4 Å². The van der Waals surface area contributed by atoms with Crippen molar-refractivity contribution < 1.29 is 10.0 Å². The second-order valence-electron chi connectivity index (χ2n) is 4.40. The van der Waals surface area contributed by atoms with E-state index in [0.29, 0.717) is 5.46 Å². The number of hydrogen-bond acceptors (Lipinski definition) is 2. The van der Waals surface area contributed by atoms with Gasteiger partial charge in [-0.2, -0.15) is 0 Å². The maximum atomic E-state index is 9.60. The molecule has 2 N–H and O–H groups in total. The second-order valence-corrected chi connectivity index (χ2v) is 4.40. The van der Waals surface area contributed by atoms with Crippen molar-refractivity contribution in [3.8, 4) is 0 Å². The van der Waals surface area contributed by atoms with Gasteiger partial charge in [-0.15, -0.1) is 0 Å². The molecule has 3 rings (SSSR count). The molecule has 0 heterocycles. The van der Waals surface area contributed by atoms with E-state index in [0.717, 1.165) is 29.2 Å². The Balaban J connectivity index is 2.42. The average Bonchev–Trinajstić information content (AvgIpc) is 2.35. The number of benzene rings is 2. The molecule has 0 spiro atoms. The summed E-state index contributed by atoms with van der Waals surface area (Å²) in [6.45, 7) is 0. The normalized spacial score (nSPS) is 13.8. The van der Waals surface area contributed by atoms with Crippen molar-refractivity contribution in [3.63, 3.8) is 0 Å². The van der Waals surface area contributed by atoms with E-state index in [9.17, 15) is 10.0 Å². The van der Waals surface area contributed by atoms with E-state index >= 15 is 0 Å². The fourth-order valence-corrected chi connectivity index (χ4v) is 2.57. The van der Waals surface area contributed by atoms with Gasteiger partial charge in [-0.05, 0) is 40.2 Å². The lowest BCUT2D eigenvalue weighted by Crippen LogP contribution is -2.34. The molecule has 0 aromatic heterocycles. The summed E-state index contributed by atoms with van der Waals surface area (Å²) in [6.07, 6.45) is 6.08. The fourth-order valence-electron chi connectivity index (χ4n) is 2.57. The Hall–Kier alpha value is -1.58. The number of rotatable bonds is 1. The van der Waals surface area contributed by atoms with Gasteiger partial charge >= 0.3 is 7.12 Å². The van der Waals surface area contributed by atoms with Crippen molar-refractivity contribution in [3.05, 3.63) is 47.5 Å². The van der Waals surface area contributed by atoms with Gasteiger partial charge in [0.1, 0.15) is 0 Å². The first-order valence-corrected chi connectivity index (χ1v) is 5.84. The zero-order valence-corrected chi connectivity index (χ0v) is 9.43. The minimum Gasteiger partial charge on any atom is -0.423 e. The highest BCUT2D eigenvalue weighted by atomic mass is 16.4. The Morgan fingerprint density at radius 2 is 1.94 bits per heavy atom. The van der Waals surface area contributed by atoms with Crippen LogP contribution in [0.25, 0.3) is 16.8 Å². The van der Waals surface area contributed by atoms with Crippen LogP contribution >= 0.6 is 0 Å². The Morgan fingerprint density at radius 1 is 1.12 bits per heavy atom. The maximum Gasteiger partial charge on any atom is 0.489 e. The van der Waals surface area contributed by atoms with E-state index in [1.54, 1.807) is 0 Å². The lowest BCUT2D eigenvalue weighted by atomic mass is 9.71. The topological polar surface area (TPSA) is 40.5 Å². The number of hydrogen-bond donors (Lipinski definition) is 2. The molecule has 3 heteroatoms. The van der Waals surface area contributed by atoms with Gasteiger partial charge in [0.15, 0.2) is 0 Å². The molecular weight excluding hydrogens is 211 g/mol. The molecule has 0 fully saturated rings. The SMILES string of the molecule is OB(O)c1c2c(cc3ccccc13)CCC=C2. The molecule has 0 unspecified atom stereocenters. The molecular formula is C14H13BO2. The summed E-state index contributed by atoms with van der Waals surface area (Å²) in [7, 11) is -1.42. The van der Waals surface area contributed by atoms with Crippen molar-refractivity contribution in [2.75, 3.05) is 0 Å². The van der Waals surface area contributed by atoms with Crippen LogP contribution in [-0.2, 0) is 6.42 Å². The predicted octanol–water partition coefficient (Wildman–Crippen LogP) is 1.48. The first-order valence-electron chi connectivity index (χ1n) is 5.84. The van der Waals surface area contributed by atoms with E-state index in [-0.39, 0.29) is 0 Å². The van der Waals surface area contributed by atoms with Gasteiger partial charge < -0.3 is 10.0 Å². The zero-order chi connectivity index (χ0) is 11.8. The van der Waals surface area contributed by atoms with E-state index in [1.165, 1.54) is 5.56 Å². The first kappa shape index (κ1) is 10.6. The van der Waals surface area contributed by atoms with Crippen LogP contribution in [0, 0.1) is 0 Å². The quantitative estimate of drug-likeness (QED) is 0.720. The highest BCUT2D eigenvalue weighted by Crippen LogP contribution is 2.24. The van der Waals surface area contributed by atoms with Crippen LogP contribution < -0.4 is 5.46 Å². The van der Waals surface area contributed by atoms with Gasteiger partial charge in [-0.25, -0.2) is 0 Å². The lowest BCUT2D eigenvalue weighted by Gasteiger charge is -2.17. The van der Waals surface area contributed by atoms with Crippen LogP contribution in [0.3, 0.4) is 0 Å². The second kappa shape index (κ2) is 4.02. The summed E-state index contributed by atoms with van der Waals surface area (Å²) in [4.78, 5) is 0. The third-order valence-electron chi connectivity index (χ3n) is 3.34. The van der Waals surface area contributed by atoms with Crippen molar-refractivity contribution in [2.24, 2.45) is 0 Å². The highest BCUT2D eigenvalue weighted by Gasteiger charge is 2.21. The molecule has 2 aromatic rings. The van der Waals surface area contributed by atoms with Gasteiger partial charge in [-0.3, -0.25) is 0 Å². The van der Waals surface area contributed by atoms with Crippen LogP contribution in [0.2, 0.25) is 0 Å². The minimum absolute atomic E-state index is 0.633. The molecule has 2 nitrogen and oxygen atoms in total. The van der Waals surface area contributed by atoms with Gasteiger partial charge in [0, 0.05) is 0 Å². The summed E-state index contributed by atoms with van der Waals surface area (Å²) in [6, 6.07) is 10.0. The predicted molar refractivity (Wildman–Crippen MR) is 71.1 cm³/mol. The minimum atomic E-state index is -1.42. The Bertz CT molecular complexity index is 602. The molecule has 0 saturated heterocycles. The lowest BCUT2D eigenvalue weighted by molar-refractivity contribution is 0.426. The highest BCUT2D eigenvalue weighted by molar-refractivity contribution is 6.63. The van der Waals surface area contributed by atoms with Crippen LogP contribution in [0.1, 0.15) is 17.5 Å². The zero-order valence-electron chi connectivity index (χ0n) is 9.43. The van der Waals surface area contributed by atoms with Crippen LogP contribution in [0.15, 0.2) is 36.4 Å². The number of allylic oxidation sites excluding steroid dienone is 1. The monoisotopic (exact) mass is 224 g/mol. The van der Waals surface area contributed by atoms with Crippen molar-refractivity contribution in [1.82, 2.24) is 0 Å². The molecule has 0 aliphatic heterocycles. The molecule has 84 valence electrons. The molecule has 0 saturated carbocycles. The standard InChI is InChI=1S/C14H13BO2/c16-15(17)14-12-7-3-1-5-10(12)9-11-6-2-4-8-13(11)14/h1,3-5,7-9,16-17H,2,6H2. The molecule has 1 aliphatic rings. The first-order chi connectivity index (χ1) is 8.27. The summed E-state index contributed by atoms with van der Waals surface area (Å²) < 4.78 is 0. The molecule has 2 aromatic carbocycles. The maximum absolute atomic E-state index is 9.60. The summed E-state index contributed by atoms with van der Waals surface area (Å²) in [5.74, 6) is 0. The molecule has 0 amide bonds. The van der Waals surface area contributed by atoms with E-state index < -0.39 is 7.12 Å². The van der Waals surface area contributed by atoms with E-state index in [4.69, 9.17) is 0 Å². The Labute approximate surface area is 100 Å². The number of fused-ring (bicyclic) bond motifs is 2. The average molecular weight is 224 g/mol. The van der Waals surface area contributed by atoms with Crippen molar-refractivity contribution in [2.45, 2.75) is 12.8 Å². The molecule has 17 heavy (non-hydrogen) atoms. The van der Waals surface area contributed by atoms with Gasteiger partial charge in [-0.1, -0.05) is 42.5 Å². The summed E-state index contributed by atoms with van der Waals surface area (Å²) >= 11 is 0.